The zero-order chi connectivity index (χ0) is 16.1. The normalized spacial score (nSPS) is 19.1. The summed E-state index contributed by atoms with van der Waals surface area (Å²) < 4.78 is 12.4. The van der Waals surface area contributed by atoms with Gasteiger partial charge < -0.3 is 5.32 Å². The fourth-order valence-corrected chi connectivity index (χ4v) is 4.55. The summed E-state index contributed by atoms with van der Waals surface area (Å²) in [6.07, 6.45) is 5.72. The number of thiazole rings is 1. The third kappa shape index (κ3) is 4.88. The summed E-state index contributed by atoms with van der Waals surface area (Å²) in [5, 5.41) is 5.60. The molecule has 124 valence electrons. The van der Waals surface area contributed by atoms with E-state index in [9.17, 15) is 9.00 Å². The maximum absolute atomic E-state index is 12.4. The lowest BCUT2D eigenvalue weighted by Crippen LogP contribution is -2.42. The minimum atomic E-state index is -1.22. The molecule has 0 bridgehead atoms. The maximum atomic E-state index is 12.4. The Labute approximate surface area is 139 Å². The molecule has 1 aliphatic rings. The topological polar surface area (TPSA) is 59.1 Å². The van der Waals surface area contributed by atoms with Gasteiger partial charge >= 0.3 is 0 Å². The van der Waals surface area contributed by atoms with Crippen molar-refractivity contribution in [3.05, 3.63) is 16.1 Å². The maximum Gasteiger partial charge on any atom is 0.235 e. The minimum Gasteiger partial charge on any atom is -0.352 e. The fourth-order valence-electron chi connectivity index (χ4n) is 2.61. The van der Waals surface area contributed by atoms with Gasteiger partial charge in [0.2, 0.25) is 5.91 Å². The van der Waals surface area contributed by atoms with E-state index in [-0.39, 0.29) is 11.9 Å². The molecule has 1 heterocycles. The van der Waals surface area contributed by atoms with Crippen LogP contribution in [0.1, 0.15) is 69.5 Å². The summed E-state index contributed by atoms with van der Waals surface area (Å²) in [6.45, 7) is 5.95. The first-order chi connectivity index (χ1) is 10.5. The zero-order valence-corrected chi connectivity index (χ0v) is 15.3. The van der Waals surface area contributed by atoms with Crippen LogP contribution in [0.25, 0.3) is 0 Å². The van der Waals surface area contributed by atoms with Gasteiger partial charge in [-0.05, 0) is 19.8 Å². The first kappa shape index (κ1) is 17.6. The first-order valence-corrected chi connectivity index (χ1v) is 10.4. The Hall–Kier alpha value is -0.750. The molecule has 0 unspecified atom stereocenters. The lowest BCUT2D eigenvalue weighted by Gasteiger charge is -2.24. The van der Waals surface area contributed by atoms with Crippen molar-refractivity contribution in [3.8, 4) is 0 Å². The van der Waals surface area contributed by atoms with E-state index in [4.69, 9.17) is 0 Å². The number of aromatic nitrogens is 1. The SMILES string of the molecule is CC(C)c1nc(C[S@@](=O)[C@@H](C)C(=O)NC2CCCCC2)cs1. The zero-order valence-electron chi connectivity index (χ0n) is 13.6. The molecule has 1 saturated carbocycles. The molecule has 0 spiro atoms. The van der Waals surface area contributed by atoms with E-state index in [0.29, 0.717) is 11.7 Å². The summed E-state index contributed by atoms with van der Waals surface area (Å²) >= 11 is 1.60. The largest absolute Gasteiger partial charge is 0.352 e. The molecule has 1 aromatic rings. The lowest BCUT2D eigenvalue weighted by molar-refractivity contribution is -0.121. The van der Waals surface area contributed by atoms with Crippen LogP contribution in [0.3, 0.4) is 0 Å². The van der Waals surface area contributed by atoms with Gasteiger partial charge in [0.05, 0.1) is 16.5 Å². The first-order valence-electron chi connectivity index (χ1n) is 8.09. The second-order valence-electron chi connectivity index (χ2n) is 6.34. The van der Waals surface area contributed by atoms with Gasteiger partial charge in [0, 0.05) is 28.1 Å². The van der Waals surface area contributed by atoms with Crippen molar-refractivity contribution < 1.29 is 9.00 Å². The molecular weight excluding hydrogens is 316 g/mol. The molecule has 1 N–H and O–H groups in total. The Morgan fingerprint density at radius 3 is 2.64 bits per heavy atom. The summed E-state index contributed by atoms with van der Waals surface area (Å²) in [6, 6.07) is 0.271. The highest BCUT2D eigenvalue weighted by Gasteiger charge is 2.24. The van der Waals surface area contributed by atoms with Gasteiger partial charge in [-0.3, -0.25) is 9.00 Å². The van der Waals surface area contributed by atoms with Crippen molar-refractivity contribution >= 4 is 28.0 Å². The average Bonchev–Trinajstić information content (AvgIpc) is 2.96. The number of carbonyl (C=O) groups is 1. The van der Waals surface area contributed by atoms with Crippen molar-refractivity contribution in [2.45, 2.75) is 75.8 Å². The van der Waals surface area contributed by atoms with Crippen molar-refractivity contribution in [2.75, 3.05) is 0 Å². The molecule has 1 amide bonds. The molecule has 22 heavy (non-hydrogen) atoms. The smallest absolute Gasteiger partial charge is 0.235 e. The molecule has 1 fully saturated rings. The summed E-state index contributed by atoms with van der Waals surface area (Å²) in [5.41, 5.74) is 0.837. The van der Waals surface area contributed by atoms with Crippen LogP contribution in [0.4, 0.5) is 0 Å². The quantitative estimate of drug-likeness (QED) is 0.862. The van der Waals surface area contributed by atoms with Crippen LogP contribution in [0.15, 0.2) is 5.38 Å². The van der Waals surface area contributed by atoms with Gasteiger partial charge in [-0.15, -0.1) is 11.3 Å². The van der Waals surface area contributed by atoms with E-state index >= 15 is 0 Å². The molecule has 1 aromatic heterocycles. The molecule has 6 heteroatoms. The van der Waals surface area contributed by atoms with E-state index < -0.39 is 16.0 Å². The van der Waals surface area contributed by atoms with Crippen LogP contribution in [-0.2, 0) is 21.3 Å². The molecule has 4 nitrogen and oxygen atoms in total. The van der Waals surface area contributed by atoms with Gasteiger partial charge in [0.1, 0.15) is 5.25 Å². The standard InChI is InChI=1S/C16H26N2O2S2/c1-11(2)16-18-14(9-21-16)10-22(20)12(3)15(19)17-13-7-5-4-6-8-13/h9,11-13H,4-8,10H2,1-3H3,(H,17,19)/t12-,22+/m0/s1. The summed E-state index contributed by atoms with van der Waals surface area (Å²) in [7, 11) is -1.22. The Morgan fingerprint density at radius 1 is 1.36 bits per heavy atom. The highest BCUT2D eigenvalue weighted by Crippen LogP contribution is 2.21. The third-order valence-electron chi connectivity index (χ3n) is 4.07. The molecule has 0 radical (unpaired) electrons. The minimum absolute atomic E-state index is 0.0791. The Morgan fingerprint density at radius 2 is 2.05 bits per heavy atom. The summed E-state index contributed by atoms with van der Waals surface area (Å²) in [4.78, 5) is 16.7. The molecule has 2 rings (SSSR count). The van der Waals surface area contributed by atoms with E-state index in [1.165, 1.54) is 19.3 Å². The van der Waals surface area contributed by atoms with E-state index in [1.54, 1.807) is 18.3 Å². The fraction of sp³-hybridized carbons (Fsp3) is 0.750. The molecule has 0 aliphatic heterocycles. The Balaban J connectivity index is 1.86. The van der Waals surface area contributed by atoms with Gasteiger partial charge in [-0.1, -0.05) is 33.1 Å². The number of nitrogens with zero attached hydrogens (tertiary/aromatic N) is 1. The van der Waals surface area contributed by atoms with Crippen molar-refractivity contribution in [1.29, 1.82) is 0 Å². The van der Waals surface area contributed by atoms with Crippen molar-refractivity contribution in [1.82, 2.24) is 10.3 Å². The van der Waals surface area contributed by atoms with Crippen LogP contribution in [0, 0.1) is 0 Å². The van der Waals surface area contributed by atoms with Gasteiger partial charge in [0.25, 0.3) is 0 Å². The number of rotatable bonds is 6. The average molecular weight is 343 g/mol. The molecule has 0 aromatic carbocycles. The molecular formula is C16H26N2O2S2. The predicted molar refractivity (Wildman–Crippen MR) is 92.5 cm³/mol. The van der Waals surface area contributed by atoms with Crippen LogP contribution >= 0.6 is 11.3 Å². The van der Waals surface area contributed by atoms with Crippen LogP contribution < -0.4 is 5.32 Å². The second kappa shape index (κ2) is 8.20. The number of nitrogens with one attached hydrogen (secondary N) is 1. The van der Waals surface area contributed by atoms with E-state index in [0.717, 1.165) is 23.5 Å². The molecule has 0 saturated heterocycles. The van der Waals surface area contributed by atoms with Crippen LogP contribution in [0.5, 0.6) is 0 Å². The number of carbonyl (C=O) groups excluding carboxylic acids is 1. The number of hydrogen-bond acceptors (Lipinski definition) is 4. The van der Waals surface area contributed by atoms with Crippen LogP contribution in [-0.4, -0.2) is 26.4 Å². The van der Waals surface area contributed by atoms with Crippen LogP contribution in [0.2, 0.25) is 0 Å². The molecule has 2 atom stereocenters. The van der Waals surface area contributed by atoms with Crippen molar-refractivity contribution in [2.24, 2.45) is 0 Å². The Bertz CT molecular complexity index is 522. The predicted octanol–water partition coefficient (Wildman–Crippen LogP) is 3.35. The highest BCUT2D eigenvalue weighted by atomic mass is 32.2. The Kier molecular flexibility index (Phi) is 6.56. The van der Waals surface area contributed by atoms with Gasteiger partial charge in [-0.25, -0.2) is 4.98 Å². The van der Waals surface area contributed by atoms with Gasteiger partial charge in [-0.2, -0.15) is 0 Å². The molecule has 1 aliphatic carbocycles. The monoisotopic (exact) mass is 342 g/mol. The number of amides is 1. The van der Waals surface area contributed by atoms with Crippen molar-refractivity contribution in [3.63, 3.8) is 0 Å². The summed E-state index contributed by atoms with van der Waals surface area (Å²) in [5.74, 6) is 0.673. The van der Waals surface area contributed by atoms with E-state index in [2.05, 4.69) is 24.1 Å². The van der Waals surface area contributed by atoms with Gasteiger partial charge in [0.15, 0.2) is 0 Å². The number of hydrogen-bond donors (Lipinski definition) is 1. The third-order valence-corrected chi connectivity index (χ3v) is 6.85. The highest BCUT2D eigenvalue weighted by molar-refractivity contribution is 7.85. The second-order valence-corrected chi connectivity index (χ2v) is 8.99. The lowest BCUT2D eigenvalue weighted by atomic mass is 9.95. The van der Waals surface area contributed by atoms with E-state index in [1.807, 2.05) is 5.38 Å².